The van der Waals surface area contributed by atoms with Crippen LogP contribution < -0.4 is 0 Å². The van der Waals surface area contributed by atoms with Crippen LogP contribution in [0.1, 0.15) is 22.7 Å². The number of aromatic hydroxyl groups is 1. The van der Waals surface area contributed by atoms with Gasteiger partial charge in [-0.15, -0.1) is 0 Å². The highest BCUT2D eigenvalue weighted by Gasteiger charge is 2.46. The van der Waals surface area contributed by atoms with Gasteiger partial charge in [0.15, 0.2) is 0 Å². The van der Waals surface area contributed by atoms with Crippen LogP contribution in [0.15, 0.2) is 78.6 Å². The van der Waals surface area contributed by atoms with Gasteiger partial charge in [-0.2, -0.15) is 0 Å². The molecule has 1 aromatic heterocycles. The van der Waals surface area contributed by atoms with Gasteiger partial charge in [-0.05, 0) is 53.6 Å². The van der Waals surface area contributed by atoms with Crippen molar-refractivity contribution in [2.75, 3.05) is 0 Å². The number of halogens is 1. The lowest BCUT2D eigenvalue weighted by Crippen LogP contribution is -2.29. The number of aromatic nitrogens is 1. The van der Waals surface area contributed by atoms with E-state index in [4.69, 9.17) is 0 Å². The third-order valence-corrected chi connectivity index (χ3v) is 4.94. The molecule has 0 saturated carbocycles. The zero-order chi connectivity index (χ0) is 21.3. The number of aliphatic hydroxyl groups excluding tert-OH is 1. The lowest BCUT2D eigenvalue weighted by molar-refractivity contribution is -0.140. The topological polar surface area (TPSA) is 90.7 Å². The Balaban J connectivity index is 1.85. The van der Waals surface area contributed by atoms with Crippen molar-refractivity contribution in [3.63, 3.8) is 0 Å². The van der Waals surface area contributed by atoms with E-state index in [9.17, 15) is 24.2 Å². The van der Waals surface area contributed by atoms with E-state index in [1.54, 1.807) is 36.7 Å². The van der Waals surface area contributed by atoms with E-state index in [0.717, 1.165) is 12.1 Å². The minimum Gasteiger partial charge on any atom is -0.508 e. The smallest absolute Gasteiger partial charge is 0.295 e. The first-order valence-corrected chi connectivity index (χ1v) is 9.18. The van der Waals surface area contributed by atoms with Gasteiger partial charge >= 0.3 is 0 Å². The molecular formula is C23H17FN2O4. The van der Waals surface area contributed by atoms with E-state index in [0.29, 0.717) is 11.1 Å². The van der Waals surface area contributed by atoms with Crippen LogP contribution in [-0.4, -0.2) is 31.8 Å². The molecule has 3 aromatic rings. The van der Waals surface area contributed by atoms with Crippen molar-refractivity contribution >= 4 is 17.4 Å². The van der Waals surface area contributed by atoms with Gasteiger partial charge in [-0.1, -0.05) is 18.2 Å². The maximum absolute atomic E-state index is 13.3. The Morgan fingerprint density at radius 2 is 1.73 bits per heavy atom. The van der Waals surface area contributed by atoms with Gasteiger partial charge in [0, 0.05) is 24.5 Å². The third-order valence-electron chi connectivity index (χ3n) is 4.94. The maximum Gasteiger partial charge on any atom is 0.295 e. The van der Waals surface area contributed by atoms with E-state index in [2.05, 4.69) is 4.98 Å². The Morgan fingerprint density at radius 3 is 2.37 bits per heavy atom. The quantitative estimate of drug-likeness (QED) is 0.394. The van der Waals surface area contributed by atoms with Gasteiger partial charge in [-0.3, -0.25) is 14.6 Å². The molecule has 1 atom stereocenters. The number of benzene rings is 2. The SMILES string of the molecule is O=C1C(=O)N(Cc2cccnc2)[C@H](c2ccc(O)cc2)C1=C(O)c1ccc(F)cc1. The molecule has 1 amide bonds. The minimum atomic E-state index is -0.879. The number of hydrogen-bond acceptors (Lipinski definition) is 5. The fourth-order valence-corrected chi connectivity index (χ4v) is 3.50. The van der Waals surface area contributed by atoms with E-state index in [1.165, 1.54) is 29.2 Å². The molecule has 0 bridgehead atoms. The second-order valence-corrected chi connectivity index (χ2v) is 6.89. The van der Waals surface area contributed by atoms with Gasteiger partial charge < -0.3 is 15.1 Å². The molecule has 0 radical (unpaired) electrons. The van der Waals surface area contributed by atoms with Crippen LogP contribution in [0.3, 0.4) is 0 Å². The lowest BCUT2D eigenvalue weighted by Gasteiger charge is -2.25. The standard InChI is InChI=1S/C23H17FN2O4/c24-17-7-3-16(4-8-17)21(28)19-20(15-5-9-18(27)10-6-15)26(23(30)22(19)29)13-14-2-1-11-25-12-14/h1-12,20,27-28H,13H2/t20-/m1/s1. The predicted molar refractivity (Wildman–Crippen MR) is 107 cm³/mol. The number of carbonyl (C=O) groups excluding carboxylic acids is 2. The number of hydrogen-bond donors (Lipinski definition) is 2. The number of phenols is 1. The molecule has 1 aliphatic rings. The molecule has 2 N–H and O–H groups in total. The van der Waals surface area contributed by atoms with E-state index < -0.39 is 23.5 Å². The molecule has 150 valence electrons. The number of phenolic OH excluding ortho intramolecular Hbond substituents is 1. The zero-order valence-corrected chi connectivity index (χ0v) is 15.7. The predicted octanol–water partition coefficient (Wildman–Crippen LogP) is 3.55. The summed E-state index contributed by atoms with van der Waals surface area (Å²) in [5.74, 6) is -2.44. The number of likely N-dealkylation sites (tertiary alicyclic amines) is 1. The third kappa shape index (κ3) is 3.53. The number of pyridine rings is 1. The molecule has 1 saturated heterocycles. The van der Waals surface area contributed by atoms with E-state index in [1.807, 2.05) is 0 Å². The van der Waals surface area contributed by atoms with Crippen molar-refractivity contribution in [3.8, 4) is 5.75 Å². The van der Waals surface area contributed by atoms with Gasteiger partial charge in [-0.25, -0.2) is 4.39 Å². The number of nitrogens with zero attached hydrogens (tertiary/aromatic N) is 2. The van der Waals surface area contributed by atoms with Crippen molar-refractivity contribution < 1.29 is 24.2 Å². The first-order valence-electron chi connectivity index (χ1n) is 9.18. The minimum absolute atomic E-state index is 0.0292. The second kappa shape index (κ2) is 7.79. The molecule has 6 nitrogen and oxygen atoms in total. The fraction of sp³-hybridized carbons (Fsp3) is 0.0870. The van der Waals surface area contributed by atoms with Crippen LogP contribution in [0.4, 0.5) is 4.39 Å². The number of carbonyl (C=O) groups is 2. The summed E-state index contributed by atoms with van der Waals surface area (Å²) in [6, 6.07) is 13.7. The van der Waals surface area contributed by atoms with Crippen molar-refractivity contribution in [2.24, 2.45) is 0 Å². The van der Waals surface area contributed by atoms with Gasteiger partial charge in [0.05, 0.1) is 11.6 Å². The summed E-state index contributed by atoms with van der Waals surface area (Å²) in [6.45, 7) is 0.101. The number of amides is 1. The van der Waals surface area contributed by atoms with Gasteiger partial charge in [0.2, 0.25) is 0 Å². The summed E-state index contributed by atoms with van der Waals surface area (Å²) in [5.41, 5.74) is 1.38. The number of rotatable bonds is 4. The first-order chi connectivity index (χ1) is 14.5. The monoisotopic (exact) mass is 404 g/mol. The van der Waals surface area contributed by atoms with Crippen LogP contribution in [0.2, 0.25) is 0 Å². The molecule has 1 aliphatic heterocycles. The molecule has 0 aliphatic carbocycles. The number of ketones is 1. The van der Waals surface area contributed by atoms with Crippen molar-refractivity contribution in [2.45, 2.75) is 12.6 Å². The molecule has 0 spiro atoms. The molecule has 0 unspecified atom stereocenters. The van der Waals surface area contributed by atoms with Crippen LogP contribution >= 0.6 is 0 Å². The van der Waals surface area contributed by atoms with Crippen molar-refractivity contribution in [1.82, 2.24) is 9.88 Å². The van der Waals surface area contributed by atoms with Crippen LogP contribution in [0.25, 0.3) is 5.76 Å². The van der Waals surface area contributed by atoms with Gasteiger partial charge in [0.1, 0.15) is 17.3 Å². The first kappa shape index (κ1) is 19.3. The van der Waals surface area contributed by atoms with Crippen LogP contribution in [-0.2, 0) is 16.1 Å². The van der Waals surface area contributed by atoms with E-state index in [-0.39, 0.29) is 29.2 Å². The highest BCUT2D eigenvalue weighted by molar-refractivity contribution is 6.46. The van der Waals surface area contributed by atoms with Crippen molar-refractivity contribution in [1.29, 1.82) is 0 Å². The average molecular weight is 404 g/mol. The summed E-state index contributed by atoms with van der Waals surface area (Å²) in [6.07, 6.45) is 3.19. The summed E-state index contributed by atoms with van der Waals surface area (Å²) >= 11 is 0. The average Bonchev–Trinajstić information content (AvgIpc) is 3.00. The molecule has 1 fully saturated rings. The summed E-state index contributed by atoms with van der Waals surface area (Å²) in [7, 11) is 0. The molecular weight excluding hydrogens is 387 g/mol. The second-order valence-electron chi connectivity index (χ2n) is 6.89. The van der Waals surface area contributed by atoms with Gasteiger partial charge in [0.25, 0.3) is 11.7 Å². The van der Waals surface area contributed by atoms with E-state index >= 15 is 0 Å². The fourth-order valence-electron chi connectivity index (χ4n) is 3.50. The Morgan fingerprint density at radius 1 is 1.03 bits per heavy atom. The Kier molecular flexibility index (Phi) is 5.02. The van der Waals surface area contributed by atoms with Crippen LogP contribution in [0.5, 0.6) is 5.75 Å². The number of Topliss-reactive ketones (excluding diaryl/α,β-unsaturated/α-hetero) is 1. The molecule has 30 heavy (non-hydrogen) atoms. The Hall–Kier alpha value is -4.00. The zero-order valence-electron chi connectivity index (χ0n) is 15.7. The Bertz CT molecular complexity index is 1130. The maximum atomic E-state index is 13.3. The molecule has 4 rings (SSSR count). The largest absolute Gasteiger partial charge is 0.508 e. The molecule has 2 aromatic carbocycles. The number of aliphatic hydroxyl groups is 1. The van der Waals surface area contributed by atoms with Crippen molar-refractivity contribution in [3.05, 3.63) is 101 Å². The lowest BCUT2D eigenvalue weighted by atomic mass is 9.95. The summed E-state index contributed by atoms with van der Waals surface area (Å²) < 4.78 is 13.3. The summed E-state index contributed by atoms with van der Waals surface area (Å²) in [4.78, 5) is 31.1. The normalized spacial score (nSPS) is 18.0. The summed E-state index contributed by atoms with van der Waals surface area (Å²) in [5, 5.41) is 20.5. The Labute approximate surface area is 171 Å². The highest BCUT2D eigenvalue weighted by Crippen LogP contribution is 2.40. The van der Waals surface area contributed by atoms with Crippen LogP contribution in [0, 0.1) is 5.82 Å². The molecule has 7 heteroatoms. The highest BCUT2D eigenvalue weighted by atomic mass is 19.1. The molecule has 2 heterocycles.